The maximum Gasteiger partial charge on any atom is 0.137 e. The predicted molar refractivity (Wildman–Crippen MR) is 246 cm³/mol. The predicted octanol–water partition coefficient (Wildman–Crippen LogP) is 14.5. The normalized spacial score (nSPS) is 19.3. The molecule has 0 N–H and O–H groups in total. The Morgan fingerprint density at radius 3 is 2.19 bits per heavy atom. The van der Waals surface area contributed by atoms with Crippen molar-refractivity contribution in [1.29, 1.82) is 0 Å². The summed E-state index contributed by atoms with van der Waals surface area (Å²) in [6.07, 6.45) is 13.5. The van der Waals surface area contributed by atoms with Crippen molar-refractivity contribution in [3.63, 3.8) is 0 Å². The number of benzene rings is 7. The molecule has 2 heterocycles. The molecule has 9 aromatic rings. The van der Waals surface area contributed by atoms with E-state index < -0.39 is 0 Å². The van der Waals surface area contributed by atoms with Crippen LogP contribution < -0.4 is 4.90 Å². The van der Waals surface area contributed by atoms with E-state index in [1.165, 1.54) is 55.4 Å². The molecular weight excluding hydrogens is 717 g/mol. The lowest BCUT2D eigenvalue weighted by Crippen LogP contribution is -2.36. The van der Waals surface area contributed by atoms with Crippen molar-refractivity contribution in [2.45, 2.75) is 18.3 Å². The van der Waals surface area contributed by atoms with E-state index in [0.29, 0.717) is 0 Å². The van der Waals surface area contributed by atoms with Crippen LogP contribution >= 0.6 is 0 Å². The van der Waals surface area contributed by atoms with Gasteiger partial charge in [0.2, 0.25) is 0 Å². The summed E-state index contributed by atoms with van der Waals surface area (Å²) in [5.74, 6) is 0.157. The van der Waals surface area contributed by atoms with Gasteiger partial charge in [-0.3, -0.25) is 0 Å². The Labute approximate surface area is 343 Å². The zero-order chi connectivity index (χ0) is 39.2. The zero-order valence-electron chi connectivity index (χ0n) is 32.7. The first kappa shape index (κ1) is 33.7. The molecule has 3 unspecified atom stereocenters. The van der Waals surface area contributed by atoms with Crippen molar-refractivity contribution < 1.29 is 4.42 Å². The number of fused-ring (bicyclic) bond motifs is 13. The van der Waals surface area contributed by atoms with Crippen molar-refractivity contribution in [3.05, 3.63) is 240 Å². The molecule has 0 amide bonds. The molecule has 3 aliphatic rings. The first-order valence-corrected chi connectivity index (χ1v) is 20.5. The second-order valence-electron chi connectivity index (χ2n) is 16.1. The van der Waals surface area contributed by atoms with Crippen LogP contribution in [0.4, 0.5) is 11.4 Å². The van der Waals surface area contributed by atoms with Crippen LogP contribution in [0.5, 0.6) is 0 Å². The first-order chi connectivity index (χ1) is 29.2. The Morgan fingerprint density at radius 2 is 1.32 bits per heavy atom. The fourth-order valence-corrected chi connectivity index (χ4v) is 11.0. The van der Waals surface area contributed by atoms with Gasteiger partial charge in [0.25, 0.3) is 0 Å². The van der Waals surface area contributed by atoms with Gasteiger partial charge in [0.1, 0.15) is 11.2 Å². The van der Waals surface area contributed by atoms with Gasteiger partial charge in [0.05, 0.1) is 16.4 Å². The van der Waals surface area contributed by atoms with Crippen molar-refractivity contribution in [3.8, 4) is 5.69 Å². The molecule has 1 spiro atoms. The molecule has 3 nitrogen and oxygen atoms in total. The third kappa shape index (κ3) is 4.64. The van der Waals surface area contributed by atoms with Crippen molar-refractivity contribution >= 4 is 60.7 Å². The molecule has 2 aromatic heterocycles. The minimum absolute atomic E-state index is 0.0457. The lowest BCUT2D eigenvalue weighted by atomic mass is 9.64. The summed E-state index contributed by atoms with van der Waals surface area (Å²) in [6, 6.07) is 59.8. The van der Waals surface area contributed by atoms with Crippen LogP contribution in [0.2, 0.25) is 0 Å². The molecule has 3 aliphatic carbocycles. The van der Waals surface area contributed by atoms with E-state index in [-0.39, 0.29) is 17.3 Å². The van der Waals surface area contributed by atoms with Crippen LogP contribution in [0.3, 0.4) is 0 Å². The standard InChI is InChI=1S/C56H40N2O/c1-3-4-23-46-36(2)40-19-8-12-24-47(40)56(46)48-25-13-9-22-45(48)55-49(56)26-16-28-51(55)57(39-31-33-44-43-21-11-15-29-53(43)59-54(44)35-39)38-30-32-42-41-20-10-14-27-50(41)58(52(42)34-38)37-17-6-5-7-18-37/h3-35,49,55H,1H2,2H3/b23-4-. The second kappa shape index (κ2) is 12.8. The van der Waals surface area contributed by atoms with Crippen LogP contribution in [0.1, 0.15) is 35.1 Å². The maximum atomic E-state index is 6.59. The van der Waals surface area contributed by atoms with Gasteiger partial charge in [-0.2, -0.15) is 0 Å². The first-order valence-electron chi connectivity index (χ1n) is 20.5. The number of nitrogens with zero attached hydrogens (tertiary/aromatic N) is 2. The molecule has 0 saturated heterocycles. The SMILES string of the molecule is C=C/C=C\C1=C(C)c2ccccc2C12c1ccccc1C1C(N(c3ccc4c(c3)oc3ccccc34)c3ccc4c5ccccc5n(-c5ccccc5)c4c3)=CC=CC12. The number of hydrogen-bond donors (Lipinski definition) is 0. The van der Waals surface area contributed by atoms with E-state index in [2.05, 4.69) is 211 Å². The summed E-state index contributed by atoms with van der Waals surface area (Å²) < 4.78 is 9.00. The van der Waals surface area contributed by atoms with Crippen molar-refractivity contribution in [2.24, 2.45) is 5.92 Å². The monoisotopic (exact) mass is 756 g/mol. The Bertz CT molecular complexity index is 3330. The smallest absolute Gasteiger partial charge is 0.137 e. The molecule has 0 saturated carbocycles. The fraction of sp³-hybridized carbons (Fsp3) is 0.0714. The molecule has 0 aliphatic heterocycles. The number of anilines is 2. The molecule has 280 valence electrons. The summed E-state index contributed by atoms with van der Waals surface area (Å²) in [5, 5.41) is 4.71. The molecule has 3 atom stereocenters. The van der Waals surface area contributed by atoms with Gasteiger partial charge < -0.3 is 13.9 Å². The summed E-state index contributed by atoms with van der Waals surface area (Å²) in [6.45, 7) is 6.38. The summed E-state index contributed by atoms with van der Waals surface area (Å²) >= 11 is 0. The highest BCUT2D eigenvalue weighted by molar-refractivity contribution is 6.11. The quantitative estimate of drug-likeness (QED) is 0.158. The van der Waals surface area contributed by atoms with Gasteiger partial charge in [-0.05, 0) is 94.9 Å². The van der Waals surface area contributed by atoms with Gasteiger partial charge in [-0.1, -0.05) is 146 Å². The molecule has 0 bridgehead atoms. The van der Waals surface area contributed by atoms with Crippen molar-refractivity contribution in [2.75, 3.05) is 4.90 Å². The minimum atomic E-state index is -0.379. The van der Waals surface area contributed by atoms with Gasteiger partial charge in [0, 0.05) is 62.2 Å². The second-order valence-corrected chi connectivity index (χ2v) is 16.1. The molecular formula is C56H40N2O. The Balaban J connectivity index is 1.13. The number of para-hydroxylation sites is 3. The topological polar surface area (TPSA) is 21.3 Å². The van der Waals surface area contributed by atoms with Crippen LogP contribution in [0, 0.1) is 5.92 Å². The highest BCUT2D eigenvalue weighted by atomic mass is 16.3. The molecule has 0 radical (unpaired) electrons. The fourth-order valence-electron chi connectivity index (χ4n) is 11.0. The van der Waals surface area contributed by atoms with Crippen LogP contribution in [-0.4, -0.2) is 4.57 Å². The van der Waals surface area contributed by atoms with E-state index in [4.69, 9.17) is 4.42 Å². The van der Waals surface area contributed by atoms with Crippen molar-refractivity contribution in [1.82, 2.24) is 4.57 Å². The largest absolute Gasteiger partial charge is 0.456 e. The molecule has 0 fully saturated rings. The molecule has 59 heavy (non-hydrogen) atoms. The van der Waals surface area contributed by atoms with Crippen LogP contribution in [-0.2, 0) is 5.41 Å². The van der Waals surface area contributed by atoms with Gasteiger partial charge >= 0.3 is 0 Å². The maximum absolute atomic E-state index is 6.59. The van der Waals surface area contributed by atoms with Gasteiger partial charge in [0.15, 0.2) is 0 Å². The molecule has 7 aromatic carbocycles. The molecule has 3 heteroatoms. The van der Waals surface area contributed by atoms with E-state index in [1.54, 1.807) is 0 Å². The van der Waals surface area contributed by atoms with Gasteiger partial charge in [-0.15, -0.1) is 0 Å². The van der Waals surface area contributed by atoms with E-state index >= 15 is 0 Å². The summed E-state index contributed by atoms with van der Waals surface area (Å²) in [4.78, 5) is 2.51. The average molecular weight is 757 g/mol. The van der Waals surface area contributed by atoms with Gasteiger partial charge in [-0.25, -0.2) is 0 Å². The van der Waals surface area contributed by atoms with Crippen LogP contribution in [0.25, 0.3) is 55.0 Å². The third-order valence-corrected chi connectivity index (χ3v) is 13.3. The van der Waals surface area contributed by atoms with E-state index in [0.717, 1.165) is 44.5 Å². The highest BCUT2D eigenvalue weighted by Crippen LogP contribution is 2.66. The number of allylic oxidation sites excluding steroid dienone is 9. The zero-order valence-corrected chi connectivity index (χ0v) is 32.7. The number of hydrogen-bond acceptors (Lipinski definition) is 2. The Morgan fingerprint density at radius 1 is 0.644 bits per heavy atom. The lowest BCUT2D eigenvalue weighted by Gasteiger charge is -2.40. The Kier molecular flexibility index (Phi) is 7.34. The number of aromatic nitrogens is 1. The lowest BCUT2D eigenvalue weighted by molar-refractivity contribution is 0.449. The summed E-state index contributed by atoms with van der Waals surface area (Å²) in [5.41, 5.74) is 16.4. The Hall–Kier alpha value is -7.36. The average Bonchev–Trinajstić information content (AvgIpc) is 3.99. The number of rotatable bonds is 6. The summed E-state index contributed by atoms with van der Waals surface area (Å²) in [7, 11) is 0. The van der Waals surface area contributed by atoms with Crippen LogP contribution in [0.15, 0.2) is 223 Å². The minimum Gasteiger partial charge on any atom is -0.456 e. The highest BCUT2D eigenvalue weighted by Gasteiger charge is 2.58. The van der Waals surface area contributed by atoms with E-state index in [1.807, 2.05) is 12.1 Å². The van der Waals surface area contributed by atoms with E-state index in [9.17, 15) is 0 Å². The molecule has 12 rings (SSSR count). The number of furan rings is 1. The third-order valence-electron chi connectivity index (χ3n) is 13.3.